The summed E-state index contributed by atoms with van der Waals surface area (Å²) in [6.07, 6.45) is 3.05. The molecule has 0 saturated carbocycles. The molecule has 33 heavy (non-hydrogen) atoms. The molecular formula is C24H25F2N7. The summed E-state index contributed by atoms with van der Waals surface area (Å²) in [5, 5.41) is 7.43. The van der Waals surface area contributed by atoms with Crippen LogP contribution in [0.4, 0.5) is 20.4 Å². The molecule has 0 amide bonds. The number of piperazine rings is 1. The highest BCUT2D eigenvalue weighted by molar-refractivity contribution is 6.00. The number of fused-ring (bicyclic) bond motifs is 1. The summed E-state index contributed by atoms with van der Waals surface area (Å²) in [5.41, 5.74) is 2.04. The number of rotatable bonds is 5. The lowest BCUT2D eigenvalue weighted by atomic mass is 10.1. The summed E-state index contributed by atoms with van der Waals surface area (Å²) < 4.78 is 28.3. The van der Waals surface area contributed by atoms with Gasteiger partial charge in [-0.2, -0.15) is 0 Å². The Morgan fingerprint density at radius 1 is 1.03 bits per heavy atom. The molecule has 9 heteroatoms. The minimum atomic E-state index is -0.901. The zero-order valence-electron chi connectivity index (χ0n) is 18.4. The fourth-order valence-corrected chi connectivity index (χ4v) is 4.45. The van der Waals surface area contributed by atoms with Gasteiger partial charge in [0.15, 0.2) is 11.6 Å². The molecule has 4 heterocycles. The molecule has 0 aliphatic carbocycles. The number of hydrogen-bond donors (Lipinski definition) is 3. The van der Waals surface area contributed by atoms with E-state index in [9.17, 15) is 8.78 Å². The number of aromatic amines is 1. The Kier molecular flexibility index (Phi) is 5.63. The van der Waals surface area contributed by atoms with Crippen LogP contribution < -0.4 is 15.5 Å². The van der Waals surface area contributed by atoms with E-state index in [0.717, 1.165) is 30.7 Å². The van der Waals surface area contributed by atoms with Crippen molar-refractivity contribution in [2.75, 3.05) is 23.3 Å². The van der Waals surface area contributed by atoms with E-state index in [1.807, 2.05) is 18.2 Å². The summed E-state index contributed by atoms with van der Waals surface area (Å²) in [7, 11) is 0. The summed E-state index contributed by atoms with van der Waals surface area (Å²) in [4.78, 5) is 18.7. The first-order valence-corrected chi connectivity index (χ1v) is 11.0. The molecule has 1 aromatic carbocycles. The summed E-state index contributed by atoms with van der Waals surface area (Å²) in [6.45, 7) is 6.56. The monoisotopic (exact) mass is 449 g/mol. The van der Waals surface area contributed by atoms with E-state index in [0.29, 0.717) is 41.0 Å². The van der Waals surface area contributed by atoms with Crippen LogP contribution in [0.5, 0.6) is 0 Å². The van der Waals surface area contributed by atoms with Gasteiger partial charge in [-0.25, -0.2) is 23.7 Å². The van der Waals surface area contributed by atoms with Crippen molar-refractivity contribution >= 4 is 22.7 Å². The summed E-state index contributed by atoms with van der Waals surface area (Å²) in [6, 6.07) is 10.9. The van der Waals surface area contributed by atoms with Crippen LogP contribution in [0.15, 0.2) is 48.9 Å². The zero-order valence-corrected chi connectivity index (χ0v) is 18.4. The smallest absolute Gasteiger partial charge is 0.166 e. The van der Waals surface area contributed by atoms with Gasteiger partial charge in [0, 0.05) is 42.5 Å². The first-order chi connectivity index (χ1) is 16.0. The van der Waals surface area contributed by atoms with Gasteiger partial charge in [-0.1, -0.05) is 18.2 Å². The van der Waals surface area contributed by atoms with Gasteiger partial charge in [0.25, 0.3) is 0 Å². The molecule has 0 spiro atoms. The van der Waals surface area contributed by atoms with E-state index in [2.05, 4.69) is 44.3 Å². The van der Waals surface area contributed by atoms with Crippen LogP contribution in [-0.2, 0) is 6.54 Å². The van der Waals surface area contributed by atoms with E-state index in [4.69, 9.17) is 4.98 Å². The fourth-order valence-electron chi connectivity index (χ4n) is 4.45. The second kappa shape index (κ2) is 8.74. The van der Waals surface area contributed by atoms with Crippen molar-refractivity contribution in [2.24, 2.45) is 0 Å². The van der Waals surface area contributed by atoms with Crippen LogP contribution in [0.1, 0.15) is 19.5 Å². The van der Waals surface area contributed by atoms with E-state index in [-0.39, 0.29) is 5.56 Å². The molecular weight excluding hydrogens is 424 g/mol. The number of pyridine rings is 1. The van der Waals surface area contributed by atoms with Crippen molar-refractivity contribution < 1.29 is 8.78 Å². The highest BCUT2D eigenvalue weighted by atomic mass is 19.2. The Labute approximate surface area is 190 Å². The first kappa shape index (κ1) is 21.3. The van der Waals surface area contributed by atoms with Crippen molar-refractivity contribution in [2.45, 2.75) is 32.5 Å². The highest BCUT2D eigenvalue weighted by Crippen LogP contribution is 2.34. The number of benzene rings is 1. The number of halogens is 2. The van der Waals surface area contributed by atoms with Gasteiger partial charge in [-0.3, -0.25) is 0 Å². The molecule has 2 atom stereocenters. The van der Waals surface area contributed by atoms with Gasteiger partial charge in [-0.15, -0.1) is 0 Å². The molecule has 1 aliphatic heterocycles. The molecule has 1 saturated heterocycles. The lowest BCUT2D eigenvalue weighted by molar-refractivity contribution is 0.405. The Balaban J connectivity index is 1.42. The molecule has 1 aliphatic rings. The van der Waals surface area contributed by atoms with Crippen LogP contribution in [0.3, 0.4) is 0 Å². The quantitative estimate of drug-likeness (QED) is 0.426. The van der Waals surface area contributed by atoms with Crippen LogP contribution in [0.25, 0.3) is 22.2 Å². The number of hydrogen-bond acceptors (Lipinski definition) is 6. The van der Waals surface area contributed by atoms with E-state index >= 15 is 0 Å². The van der Waals surface area contributed by atoms with Crippen molar-refractivity contribution in [1.29, 1.82) is 0 Å². The maximum absolute atomic E-state index is 14.5. The Bertz CT molecular complexity index is 1280. The lowest BCUT2D eigenvalue weighted by Gasteiger charge is -2.37. The third-order valence-electron chi connectivity index (χ3n) is 5.82. The van der Waals surface area contributed by atoms with E-state index in [1.165, 1.54) is 18.5 Å². The third kappa shape index (κ3) is 4.23. The topological polar surface area (TPSA) is 81.8 Å². The van der Waals surface area contributed by atoms with Crippen LogP contribution in [0.2, 0.25) is 0 Å². The van der Waals surface area contributed by atoms with Crippen molar-refractivity contribution in [1.82, 2.24) is 25.3 Å². The minimum absolute atomic E-state index is 0.154. The maximum atomic E-state index is 14.5. The number of anilines is 2. The largest absolute Gasteiger partial charge is 0.364 e. The number of H-pyrrole nitrogens is 1. The zero-order chi connectivity index (χ0) is 22.9. The van der Waals surface area contributed by atoms with Crippen molar-refractivity contribution in [3.05, 3.63) is 66.3 Å². The lowest BCUT2D eigenvalue weighted by Crippen LogP contribution is -2.54. The van der Waals surface area contributed by atoms with Crippen LogP contribution in [0, 0.1) is 11.6 Å². The average molecular weight is 450 g/mol. The first-order valence-electron chi connectivity index (χ1n) is 11.0. The van der Waals surface area contributed by atoms with Crippen LogP contribution >= 0.6 is 0 Å². The molecule has 0 unspecified atom stereocenters. The molecule has 0 radical (unpaired) electrons. The molecule has 1 fully saturated rings. The minimum Gasteiger partial charge on any atom is -0.364 e. The predicted molar refractivity (Wildman–Crippen MR) is 125 cm³/mol. The van der Waals surface area contributed by atoms with Gasteiger partial charge in [-0.05, 0) is 32.0 Å². The Hall–Kier alpha value is -3.59. The molecule has 3 aromatic heterocycles. The molecule has 4 aromatic rings. The maximum Gasteiger partial charge on any atom is 0.166 e. The standard InChI is InChI=1S/C24H25F2N7/c1-14-11-33(12-15(2)31-14)20-8-3-5-16(32-20)9-27-23-21-18(10-28-24(21)30-13-29-23)17-6-4-7-19(25)22(17)26/h3-8,10,13-15,31H,9,11-12H2,1-2H3,(H2,27,28,29,30)/t14-,15+. The summed E-state index contributed by atoms with van der Waals surface area (Å²) >= 11 is 0. The van der Waals surface area contributed by atoms with E-state index in [1.54, 1.807) is 6.20 Å². The predicted octanol–water partition coefficient (Wildman–Crippen LogP) is 4.10. The Morgan fingerprint density at radius 2 is 1.82 bits per heavy atom. The van der Waals surface area contributed by atoms with Gasteiger partial charge < -0.3 is 20.5 Å². The van der Waals surface area contributed by atoms with Crippen molar-refractivity contribution in [3.63, 3.8) is 0 Å². The van der Waals surface area contributed by atoms with Gasteiger partial charge in [0.05, 0.1) is 17.6 Å². The molecule has 7 nitrogen and oxygen atoms in total. The van der Waals surface area contributed by atoms with Crippen molar-refractivity contribution in [3.8, 4) is 11.1 Å². The SMILES string of the molecule is C[C@@H]1CN(c2cccc(CNc3ncnc4[nH]cc(-c5cccc(F)c5F)c34)n2)C[C@H](C)N1. The number of nitrogens with zero attached hydrogens (tertiary/aromatic N) is 4. The summed E-state index contributed by atoms with van der Waals surface area (Å²) in [5.74, 6) is -0.337. The third-order valence-corrected chi connectivity index (χ3v) is 5.82. The average Bonchev–Trinajstić information content (AvgIpc) is 3.24. The second-order valence-electron chi connectivity index (χ2n) is 8.46. The Morgan fingerprint density at radius 3 is 2.64 bits per heavy atom. The van der Waals surface area contributed by atoms with Gasteiger partial charge >= 0.3 is 0 Å². The molecule has 170 valence electrons. The van der Waals surface area contributed by atoms with Crippen LogP contribution in [-0.4, -0.2) is 45.1 Å². The van der Waals surface area contributed by atoms with E-state index < -0.39 is 11.6 Å². The normalized spacial score (nSPS) is 18.6. The molecule has 5 rings (SSSR count). The number of aromatic nitrogens is 4. The highest BCUT2D eigenvalue weighted by Gasteiger charge is 2.22. The second-order valence-corrected chi connectivity index (χ2v) is 8.46. The number of nitrogens with one attached hydrogen (secondary N) is 3. The fraction of sp³-hybridized carbons (Fsp3) is 0.292. The molecule has 3 N–H and O–H groups in total. The molecule has 0 bridgehead atoms. The van der Waals surface area contributed by atoms with Gasteiger partial charge in [0.2, 0.25) is 0 Å². The van der Waals surface area contributed by atoms with Gasteiger partial charge in [0.1, 0.15) is 23.6 Å².